The molecule has 0 radical (unpaired) electrons. The van der Waals surface area contributed by atoms with Gasteiger partial charge in [0.1, 0.15) is 11.5 Å². The Hall–Kier alpha value is -8.16. The van der Waals surface area contributed by atoms with E-state index in [0.717, 1.165) is 101 Å². The number of hydrogen-bond donors (Lipinski definition) is 2. The van der Waals surface area contributed by atoms with Gasteiger partial charge in [-0.25, -0.2) is 19.9 Å². The van der Waals surface area contributed by atoms with Gasteiger partial charge in [-0.05, 0) is 119 Å². The molecule has 2 aromatic heterocycles. The highest BCUT2D eigenvalue weighted by Crippen LogP contribution is 2.36. The summed E-state index contributed by atoms with van der Waals surface area (Å²) < 4.78 is 6.39. The van der Waals surface area contributed by atoms with Crippen molar-refractivity contribution in [2.24, 2.45) is 0 Å². The first-order valence-corrected chi connectivity index (χ1v) is 19.4. The van der Waals surface area contributed by atoms with Crippen LogP contribution in [0.2, 0.25) is 0 Å². The van der Waals surface area contributed by atoms with Crippen molar-refractivity contribution in [1.82, 2.24) is 19.9 Å². The zero-order valence-corrected chi connectivity index (χ0v) is 31.8. The lowest BCUT2D eigenvalue weighted by molar-refractivity contribution is 0.483. The van der Waals surface area contributed by atoms with Crippen LogP contribution in [0.25, 0.3) is 89.4 Å². The van der Waals surface area contributed by atoms with E-state index >= 15 is 0 Å². The summed E-state index contributed by atoms with van der Waals surface area (Å²) in [5.74, 6) is 1.40. The topological polar surface area (TPSA) is 113 Å². The second-order valence-corrected chi connectivity index (χ2v) is 14.4. The fourth-order valence-corrected chi connectivity index (χ4v) is 7.31. The summed E-state index contributed by atoms with van der Waals surface area (Å²) in [6.07, 6.45) is 0. The van der Waals surface area contributed by atoms with Crippen molar-refractivity contribution in [3.63, 3.8) is 0 Å². The molecular formula is C52H36N6O. The molecule has 0 aliphatic heterocycles. The van der Waals surface area contributed by atoms with E-state index in [4.69, 9.17) is 36.1 Å². The van der Waals surface area contributed by atoms with Gasteiger partial charge in [-0.3, -0.25) is 0 Å². The fourth-order valence-electron chi connectivity index (χ4n) is 7.31. The van der Waals surface area contributed by atoms with Crippen molar-refractivity contribution >= 4 is 33.4 Å². The Kier molecular flexibility index (Phi) is 9.00. The molecule has 7 heteroatoms. The van der Waals surface area contributed by atoms with E-state index in [1.54, 1.807) is 0 Å². The van der Waals surface area contributed by atoms with Crippen LogP contribution in [0.3, 0.4) is 0 Å². The lowest BCUT2D eigenvalue weighted by atomic mass is 10.0. The molecule has 0 atom stereocenters. The Morgan fingerprint density at radius 2 is 0.576 bits per heavy atom. The molecule has 4 N–H and O–H groups in total. The number of fused-ring (bicyclic) bond motifs is 2. The van der Waals surface area contributed by atoms with Crippen LogP contribution in [0.4, 0.5) is 11.4 Å². The van der Waals surface area contributed by atoms with Crippen molar-refractivity contribution in [3.05, 3.63) is 194 Å². The first kappa shape index (κ1) is 35.3. The van der Waals surface area contributed by atoms with Crippen LogP contribution >= 0.6 is 0 Å². The van der Waals surface area contributed by atoms with Gasteiger partial charge >= 0.3 is 0 Å². The largest absolute Gasteiger partial charge is 0.457 e. The van der Waals surface area contributed by atoms with E-state index in [9.17, 15) is 0 Å². The third-order valence-electron chi connectivity index (χ3n) is 10.4. The van der Waals surface area contributed by atoms with Gasteiger partial charge in [0.25, 0.3) is 0 Å². The van der Waals surface area contributed by atoms with Gasteiger partial charge in [0.15, 0.2) is 0 Å². The van der Waals surface area contributed by atoms with E-state index in [2.05, 4.69) is 48.5 Å². The molecule has 0 amide bonds. The molecule has 10 aromatic rings. The Morgan fingerprint density at radius 1 is 0.271 bits per heavy atom. The summed E-state index contributed by atoms with van der Waals surface area (Å²) in [6, 6.07) is 64.4. The predicted octanol–water partition coefficient (Wildman–Crippen LogP) is 12.5. The third kappa shape index (κ3) is 7.20. The monoisotopic (exact) mass is 760 g/mol. The van der Waals surface area contributed by atoms with Crippen LogP contribution in [-0.2, 0) is 0 Å². The molecule has 10 rings (SSSR count). The van der Waals surface area contributed by atoms with E-state index in [1.807, 2.05) is 146 Å². The van der Waals surface area contributed by atoms with E-state index in [1.165, 1.54) is 0 Å². The molecule has 0 bridgehead atoms. The Morgan fingerprint density at radius 3 is 0.949 bits per heavy atom. The summed E-state index contributed by atoms with van der Waals surface area (Å²) in [6.45, 7) is 0. The van der Waals surface area contributed by atoms with Gasteiger partial charge in [-0.1, -0.05) is 97.1 Å². The van der Waals surface area contributed by atoms with Gasteiger partial charge in [0.05, 0.1) is 44.8 Å². The lowest BCUT2D eigenvalue weighted by Crippen LogP contribution is -1.96. The second-order valence-electron chi connectivity index (χ2n) is 14.4. The second kappa shape index (κ2) is 15.1. The van der Waals surface area contributed by atoms with Crippen LogP contribution < -0.4 is 16.2 Å². The average Bonchev–Trinajstić information content (AvgIpc) is 3.29. The Balaban J connectivity index is 0.959. The Bertz CT molecular complexity index is 2890. The standard InChI is InChI=1S/C52H36N6O/c53-41-21-11-33(12-22-41)39-19-29-45-47(31-39)57-51(49(55-45)35-7-3-1-4-8-35)37-15-25-43(26-16-37)59-44-27-17-38(18-28-44)52-50(36-9-5-2-6-10-36)56-46-30-20-40(32-48(46)58-52)34-13-23-42(54)24-14-34/h1-32H,53-54H2. The molecule has 8 aromatic carbocycles. The first-order valence-electron chi connectivity index (χ1n) is 19.4. The van der Waals surface area contributed by atoms with Crippen LogP contribution in [0.15, 0.2) is 194 Å². The fraction of sp³-hybridized carbons (Fsp3) is 0. The molecule has 0 aliphatic carbocycles. The van der Waals surface area contributed by atoms with Crippen molar-refractivity contribution in [1.29, 1.82) is 0 Å². The molecule has 2 heterocycles. The summed E-state index contributed by atoms with van der Waals surface area (Å²) in [5, 5.41) is 0. The Labute approximate surface area is 341 Å². The lowest BCUT2D eigenvalue weighted by Gasteiger charge is -2.13. The zero-order chi connectivity index (χ0) is 39.7. The van der Waals surface area contributed by atoms with Gasteiger partial charge in [0.2, 0.25) is 0 Å². The highest BCUT2D eigenvalue weighted by molar-refractivity contribution is 5.90. The first-order chi connectivity index (χ1) is 29.0. The van der Waals surface area contributed by atoms with Gasteiger partial charge in [-0.2, -0.15) is 0 Å². The average molecular weight is 761 g/mol. The number of nitrogens with zero attached hydrogens (tertiary/aromatic N) is 4. The maximum atomic E-state index is 6.39. The molecule has 7 nitrogen and oxygen atoms in total. The molecular weight excluding hydrogens is 725 g/mol. The predicted molar refractivity (Wildman–Crippen MR) is 241 cm³/mol. The van der Waals surface area contributed by atoms with E-state index in [-0.39, 0.29) is 0 Å². The van der Waals surface area contributed by atoms with Crippen molar-refractivity contribution in [2.75, 3.05) is 11.5 Å². The van der Waals surface area contributed by atoms with Gasteiger partial charge in [0, 0.05) is 33.6 Å². The van der Waals surface area contributed by atoms with Gasteiger partial charge < -0.3 is 16.2 Å². The zero-order valence-electron chi connectivity index (χ0n) is 31.8. The smallest absolute Gasteiger partial charge is 0.127 e. The molecule has 280 valence electrons. The van der Waals surface area contributed by atoms with Crippen LogP contribution in [0, 0.1) is 0 Å². The highest BCUT2D eigenvalue weighted by atomic mass is 16.5. The molecule has 0 saturated carbocycles. The normalized spacial score (nSPS) is 11.2. The summed E-state index contributed by atoms with van der Waals surface area (Å²) in [4.78, 5) is 20.7. The molecule has 0 fully saturated rings. The minimum atomic E-state index is 0.702. The number of nitrogen functional groups attached to an aromatic ring is 2. The maximum absolute atomic E-state index is 6.39. The number of aromatic nitrogens is 4. The minimum absolute atomic E-state index is 0.702. The molecule has 0 saturated heterocycles. The van der Waals surface area contributed by atoms with Crippen molar-refractivity contribution < 1.29 is 4.74 Å². The van der Waals surface area contributed by atoms with Crippen molar-refractivity contribution in [2.45, 2.75) is 0 Å². The number of nitrogens with two attached hydrogens (primary N) is 2. The summed E-state index contributed by atoms with van der Waals surface area (Å²) >= 11 is 0. The van der Waals surface area contributed by atoms with Crippen molar-refractivity contribution in [3.8, 4) is 78.8 Å². The molecule has 59 heavy (non-hydrogen) atoms. The molecule has 0 unspecified atom stereocenters. The number of ether oxygens (including phenoxy) is 1. The number of rotatable bonds is 8. The highest BCUT2D eigenvalue weighted by Gasteiger charge is 2.17. The quantitative estimate of drug-likeness (QED) is 0.148. The summed E-state index contributed by atoms with van der Waals surface area (Å²) in [7, 11) is 0. The number of anilines is 2. The van der Waals surface area contributed by atoms with Gasteiger partial charge in [-0.15, -0.1) is 0 Å². The van der Waals surface area contributed by atoms with Crippen LogP contribution in [0.1, 0.15) is 0 Å². The molecule has 0 aliphatic rings. The third-order valence-corrected chi connectivity index (χ3v) is 10.4. The van der Waals surface area contributed by atoms with Crippen LogP contribution in [0.5, 0.6) is 11.5 Å². The van der Waals surface area contributed by atoms with E-state index < -0.39 is 0 Å². The van der Waals surface area contributed by atoms with Crippen LogP contribution in [-0.4, -0.2) is 19.9 Å². The maximum Gasteiger partial charge on any atom is 0.127 e. The minimum Gasteiger partial charge on any atom is -0.457 e. The van der Waals surface area contributed by atoms with E-state index in [0.29, 0.717) is 11.5 Å². The SMILES string of the molecule is Nc1ccc(-c2ccc3nc(-c4ccccc4)c(-c4ccc(Oc5ccc(-c6nc7cc(-c8ccc(N)cc8)ccc7nc6-c6ccccc6)cc5)cc4)nc3c2)cc1. The number of hydrogen-bond acceptors (Lipinski definition) is 7. The number of benzene rings is 8. The molecule has 0 spiro atoms. The summed E-state index contributed by atoms with van der Waals surface area (Å²) in [5.41, 5.74) is 27.9.